The van der Waals surface area contributed by atoms with E-state index in [1.54, 1.807) is 36.7 Å². The second kappa shape index (κ2) is 10.4. The van der Waals surface area contributed by atoms with E-state index in [4.69, 9.17) is 15.7 Å². The maximum absolute atomic E-state index is 14.1. The summed E-state index contributed by atoms with van der Waals surface area (Å²) in [4.78, 5) is 40.6. The molecule has 2 atom stereocenters. The summed E-state index contributed by atoms with van der Waals surface area (Å²) in [6, 6.07) is 14.5. The van der Waals surface area contributed by atoms with Crippen LogP contribution in [0.5, 0.6) is 0 Å². The van der Waals surface area contributed by atoms with Crippen LogP contribution in [0, 0.1) is 11.8 Å². The van der Waals surface area contributed by atoms with Gasteiger partial charge in [0.05, 0.1) is 45.1 Å². The maximum atomic E-state index is 14.1. The predicted molar refractivity (Wildman–Crippen MR) is 156 cm³/mol. The number of aryl methyl sites for hydroxylation is 1. The minimum Gasteiger partial charge on any atom is -0.341 e. The Kier molecular flexibility index (Phi) is 6.73. The number of fused-ring (bicyclic) bond motifs is 3. The molecule has 10 nitrogen and oxygen atoms in total. The molecule has 0 amide bonds. The molecule has 204 valence electrons. The minimum atomic E-state index is -1.46. The van der Waals surface area contributed by atoms with Gasteiger partial charge in [0.25, 0.3) is 5.56 Å². The van der Waals surface area contributed by atoms with Crippen LogP contribution in [-0.2, 0) is 30.9 Å². The molecule has 0 saturated carbocycles. The highest BCUT2D eigenvalue weighted by Crippen LogP contribution is 2.33. The van der Waals surface area contributed by atoms with Crippen molar-refractivity contribution in [3.63, 3.8) is 0 Å². The third-order valence-electron chi connectivity index (χ3n) is 7.39. The van der Waals surface area contributed by atoms with Crippen LogP contribution >= 0.6 is 0 Å². The first kappa shape index (κ1) is 26.0. The molecule has 2 aromatic carbocycles. The second-order valence-corrected chi connectivity index (χ2v) is 11.4. The van der Waals surface area contributed by atoms with Crippen molar-refractivity contribution in [1.29, 1.82) is 0 Å². The van der Waals surface area contributed by atoms with Crippen molar-refractivity contribution in [2.75, 3.05) is 18.0 Å². The van der Waals surface area contributed by atoms with Gasteiger partial charge < -0.3 is 10.6 Å². The third kappa shape index (κ3) is 4.29. The van der Waals surface area contributed by atoms with Crippen LogP contribution in [0.15, 0.2) is 72.9 Å². The van der Waals surface area contributed by atoms with Gasteiger partial charge in [-0.15, -0.1) is 5.92 Å². The number of aliphatic imine (C=N–C) groups is 1. The summed E-state index contributed by atoms with van der Waals surface area (Å²) in [6.07, 6.45) is 1.84. The standard InChI is InChI=1S/C29H29N7O3S/c1-3-4-16-35-25-26(32-28(35)34-15-9-10-19(30)17-34)33(2)29(38)36(27(25)37)18-22-20-11-5-7-13-23(20)40(39)24-14-8-6-12-21(24)31-22/h5-8,11-14,19H,9-10,15-18,30H2,1-2H3. The van der Waals surface area contributed by atoms with Crippen molar-refractivity contribution in [2.45, 2.75) is 48.7 Å². The van der Waals surface area contributed by atoms with E-state index in [1.165, 1.54) is 9.13 Å². The summed E-state index contributed by atoms with van der Waals surface area (Å²) in [5.41, 5.74) is 7.53. The van der Waals surface area contributed by atoms with Gasteiger partial charge in [0.1, 0.15) is 0 Å². The van der Waals surface area contributed by atoms with Gasteiger partial charge in [0.2, 0.25) is 5.95 Å². The lowest BCUT2D eigenvalue weighted by Gasteiger charge is -2.31. The molecule has 4 aromatic rings. The lowest BCUT2D eigenvalue weighted by Crippen LogP contribution is -2.44. The summed E-state index contributed by atoms with van der Waals surface area (Å²) in [6.45, 7) is 3.25. The average Bonchev–Trinajstić information content (AvgIpc) is 3.31. The van der Waals surface area contributed by atoms with Gasteiger partial charge in [-0.25, -0.2) is 14.0 Å². The van der Waals surface area contributed by atoms with Crippen LogP contribution in [-0.4, -0.2) is 47.7 Å². The zero-order valence-corrected chi connectivity index (χ0v) is 23.1. The van der Waals surface area contributed by atoms with Crippen molar-refractivity contribution in [2.24, 2.45) is 17.8 Å². The van der Waals surface area contributed by atoms with Gasteiger partial charge in [-0.2, -0.15) is 4.98 Å². The van der Waals surface area contributed by atoms with E-state index >= 15 is 0 Å². The van der Waals surface area contributed by atoms with Gasteiger partial charge in [-0.1, -0.05) is 36.3 Å². The van der Waals surface area contributed by atoms with Crippen LogP contribution in [0.3, 0.4) is 0 Å². The fraction of sp³-hybridized carbons (Fsp3) is 0.310. The Labute approximate surface area is 233 Å². The van der Waals surface area contributed by atoms with Gasteiger partial charge in [0, 0.05) is 31.7 Å². The third-order valence-corrected chi connectivity index (χ3v) is 8.89. The molecular weight excluding hydrogens is 526 g/mol. The molecule has 0 bridgehead atoms. The molecule has 0 aliphatic carbocycles. The highest BCUT2D eigenvalue weighted by molar-refractivity contribution is 7.85. The Balaban J connectivity index is 1.56. The van der Waals surface area contributed by atoms with Crippen LogP contribution in [0.2, 0.25) is 0 Å². The number of piperidine rings is 1. The molecule has 1 saturated heterocycles. The van der Waals surface area contributed by atoms with Gasteiger partial charge in [-0.05, 0) is 38.0 Å². The Hall–Kier alpha value is -4.27. The number of aromatic nitrogens is 4. The van der Waals surface area contributed by atoms with Crippen LogP contribution in [0.1, 0.15) is 25.3 Å². The predicted octanol–water partition coefficient (Wildman–Crippen LogP) is 2.15. The quantitative estimate of drug-likeness (QED) is 0.386. The normalized spacial score (nSPS) is 18.4. The number of rotatable bonds is 4. The Morgan fingerprint density at radius 1 is 1.07 bits per heavy atom. The zero-order valence-electron chi connectivity index (χ0n) is 22.3. The largest absolute Gasteiger partial charge is 0.341 e. The summed E-state index contributed by atoms with van der Waals surface area (Å²) in [5.74, 6) is 6.54. The molecule has 2 N–H and O–H groups in total. The zero-order chi connectivity index (χ0) is 28.0. The van der Waals surface area contributed by atoms with E-state index in [1.807, 2.05) is 30.3 Å². The summed E-state index contributed by atoms with van der Waals surface area (Å²) in [5, 5.41) is 0. The first-order valence-electron chi connectivity index (χ1n) is 13.2. The highest BCUT2D eigenvalue weighted by atomic mass is 32.2. The summed E-state index contributed by atoms with van der Waals surface area (Å²) >= 11 is 0. The van der Waals surface area contributed by atoms with Crippen LogP contribution < -0.4 is 21.9 Å². The van der Waals surface area contributed by atoms with Crippen LogP contribution in [0.25, 0.3) is 11.2 Å². The highest BCUT2D eigenvalue weighted by Gasteiger charge is 2.28. The van der Waals surface area contributed by atoms with Gasteiger partial charge >= 0.3 is 5.69 Å². The maximum Gasteiger partial charge on any atom is 0.332 e. The molecule has 2 aromatic heterocycles. The number of imidazole rings is 1. The number of hydrogen-bond donors (Lipinski definition) is 1. The summed E-state index contributed by atoms with van der Waals surface area (Å²) < 4.78 is 17.8. The fourth-order valence-corrected chi connectivity index (χ4v) is 6.74. The monoisotopic (exact) mass is 555 g/mol. The Morgan fingerprint density at radius 2 is 1.82 bits per heavy atom. The smallest absolute Gasteiger partial charge is 0.332 e. The fourth-order valence-electron chi connectivity index (χ4n) is 5.41. The van der Waals surface area contributed by atoms with E-state index in [0.29, 0.717) is 50.4 Å². The first-order valence-corrected chi connectivity index (χ1v) is 14.3. The van der Waals surface area contributed by atoms with Crippen LogP contribution in [0.4, 0.5) is 11.6 Å². The van der Waals surface area contributed by atoms with Crippen molar-refractivity contribution < 1.29 is 4.21 Å². The number of nitrogens with zero attached hydrogens (tertiary/aromatic N) is 6. The van der Waals surface area contributed by atoms with E-state index in [0.717, 1.165) is 19.4 Å². The van der Waals surface area contributed by atoms with Crippen molar-refractivity contribution in [3.8, 4) is 11.8 Å². The molecule has 6 rings (SSSR count). The van der Waals surface area contributed by atoms with E-state index in [2.05, 4.69) is 16.7 Å². The molecule has 1 fully saturated rings. The lowest BCUT2D eigenvalue weighted by atomic mass is 10.1. The van der Waals surface area contributed by atoms with Crippen molar-refractivity contribution in [1.82, 2.24) is 18.7 Å². The van der Waals surface area contributed by atoms with E-state index in [9.17, 15) is 13.8 Å². The first-order chi connectivity index (χ1) is 19.4. The topological polar surface area (TPSA) is 121 Å². The molecule has 2 unspecified atom stereocenters. The number of nitrogens with two attached hydrogens (primary N) is 1. The molecule has 2 aliphatic rings. The Bertz CT molecular complexity index is 1890. The van der Waals surface area contributed by atoms with Crippen molar-refractivity contribution >= 4 is 39.3 Å². The van der Waals surface area contributed by atoms with Crippen molar-refractivity contribution in [3.05, 3.63) is 74.9 Å². The SMILES string of the molecule is CC#CCn1c(N2CCCC(N)C2)nc2c1c(=O)n(CC1=Nc3ccccc3S(=O)c3ccccc31)c(=O)n2C. The molecule has 40 heavy (non-hydrogen) atoms. The van der Waals surface area contributed by atoms with Gasteiger partial charge in [0.15, 0.2) is 11.2 Å². The summed E-state index contributed by atoms with van der Waals surface area (Å²) in [7, 11) is 0.149. The number of para-hydroxylation sites is 1. The molecular formula is C29H29N7O3S. The minimum absolute atomic E-state index is 0.00138. The van der Waals surface area contributed by atoms with Gasteiger partial charge in [-0.3, -0.25) is 18.5 Å². The Morgan fingerprint density at radius 3 is 2.60 bits per heavy atom. The van der Waals surface area contributed by atoms with E-state index < -0.39 is 22.0 Å². The molecule has 0 radical (unpaired) electrons. The molecule has 11 heteroatoms. The molecule has 0 spiro atoms. The lowest BCUT2D eigenvalue weighted by molar-refractivity contribution is 0.496. The molecule has 2 aliphatic heterocycles. The molecule has 4 heterocycles. The number of benzene rings is 2. The van der Waals surface area contributed by atoms with E-state index in [-0.39, 0.29) is 19.1 Å². The average molecular weight is 556 g/mol. The number of anilines is 1. The second-order valence-electron chi connectivity index (χ2n) is 9.97. The number of hydrogen-bond acceptors (Lipinski definition) is 7.